The summed E-state index contributed by atoms with van der Waals surface area (Å²) in [6.45, 7) is -0.0628. The first-order chi connectivity index (χ1) is 10.0. The molecule has 0 saturated carbocycles. The number of anilines is 2. The molecule has 1 aromatic carbocycles. The van der Waals surface area contributed by atoms with E-state index in [0.29, 0.717) is 19.4 Å². The summed E-state index contributed by atoms with van der Waals surface area (Å²) in [5, 5.41) is 8.72. The summed E-state index contributed by atoms with van der Waals surface area (Å²) < 4.78 is 12.6. The number of hydrogen-bond acceptors (Lipinski definition) is 3. The van der Waals surface area contributed by atoms with E-state index in [1.54, 1.807) is 0 Å². The lowest BCUT2D eigenvalue weighted by atomic mass is 10.00. The van der Waals surface area contributed by atoms with E-state index < -0.39 is 12.6 Å². The molecule has 1 aliphatic heterocycles. The lowest BCUT2D eigenvalue weighted by Crippen LogP contribution is -2.36. The number of amides is 1. The molecule has 6 heteroatoms. The predicted octanol–water partition coefficient (Wildman–Crippen LogP) is 1.85. The third kappa shape index (κ3) is 3.51. The van der Waals surface area contributed by atoms with Gasteiger partial charge in [0.25, 0.3) is 0 Å². The van der Waals surface area contributed by atoms with Gasteiger partial charge in [0.2, 0.25) is 5.91 Å². The number of aryl methyl sites for hydroxylation is 1. The van der Waals surface area contributed by atoms with E-state index >= 15 is 0 Å². The predicted molar refractivity (Wildman–Crippen MR) is 78.6 cm³/mol. The first-order valence-electron chi connectivity index (χ1n) is 6.95. The number of carboxylic acid groups (broad SMARTS) is 1. The maximum absolute atomic E-state index is 12.6. The topological polar surface area (TPSA) is 60.9 Å². The number of carbonyl (C=O) groups is 2. The van der Waals surface area contributed by atoms with Gasteiger partial charge in [0.15, 0.2) is 0 Å². The molecule has 0 atom stereocenters. The van der Waals surface area contributed by atoms with Gasteiger partial charge in [0.05, 0.1) is 13.0 Å². The maximum atomic E-state index is 12.6. The Hall–Kier alpha value is -2.11. The number of halogens is 1. The first-order valence-corrected chi connectivity index (χ1v) is 6.95. The second kappa shape index (κ2) is 6.56. The van der Waals surface area contributed by atoms with Gasteiger partial charge >= 0.3 is 5.97 Å². The third-order valence-electron chi connectivity index (χ3n) is 3.67. The highest BCUT2D eigenvalue weighted by molar-refractivity contribution is 5.96. The number of carboxylic acids is 1. The van der Waals surface area contributed by atoms with Gasteiger partial charge in [0, 0.05) is 31.4 Å². The summed E-state index contributed by atoms with van der Waals surface area (Å²) in [5.74, 6) is -0.883. The zero-order chi connectivity index (χ0) is 15.4. The Morgan fingerprint density at radius 2 is 2.19 bits per heavy atom. The van der Waals surface area contributed by atoms with Crippen LogP contribution in [0.1, 0.15) is 18.4 Å². The summed E-state index contributed by atoms with van der Waals surface area (Å²) in [5.41, 5.74) is 2.67. The minimum atomic E-state index is -0.834. The van der Waals surface area contributed by atoms with Crippen LogP contribution in [-0.2, 0) is 16.0 Å². The second-order valence-corrected chi connectivity index (χ2v) is 5.11. The molecule has 114 valence electrons. The van der Waals surface area contributed by atoms with Crippen molar-refractivity contribution in [1.82, 2.24) is 0 Å². The standard InChI is InChI=1S/C15H19FN2O3/c1-17(8-6-15(20)21)12-3-4-13-11(10-12)2-5-14(19)18(13)9-7-16/h3-4,10H,2,5-9H2,1H3,(H,20,21). The molecule has 5 nitrogen and oxygen atoms in total. The third-order valence-corrected chi connectivity index (χ3v) is 3.67. The molecule has 0 saturated heterocycles. The summed E-state index contributed by atoms with van der Waals surface area (Å²) in [7, 11) is 1.83. The molecule has 1 amide bonds. The van der Waals surface area contributed by atoms with Crippen molar-refractivity contribution in [1.29, 1.82) is 0 Å². The molecule has 1 aromatic rings. The van der Waals surface area contributed by atoms with E-state index in [1.165, 1.54) is 4.90 Å². The molecule has 0 aliphatic carbocycles. The fraction of sp³-hybridized carbons (Fsp3) is 0.467. The molecular weight excluding hydrogens is 275 g/mol. The van der Waals surface area contributed by atoms with E-state index in [9.17, 15) is 14.0 Å². The normalized spacial score (nSPS) is 14.0. The fourth-order valence-corrected chi connectivity index (χ4v) is 2.51. The molecule has 1 heterocycles. The van der Waals surface area contributed by atoms with E-state index in [-0.39, 0.29) is 18.9 Å². The van der Waals surface area contributed by atoms with Crippen LogP contribution in [0.25, 0.3) is 0 Å². The van der Waals surface area contributed by atoms with Crippen molar-refractivity contribution in [3.8, 4) is 0 Å². The van der Waals surface area contributed by atoms with Crippen molar-refractivity contribution >= 4 is 23.3 Å². The van der Waals surface area contributed by atoms with Crippen LogP contribution >= 0.6 is 0 Å². The molecule has 0 unspecified atom stereocenters. The Labute approximate surface area is 123 Å². The maximum Gasteiger partial charge on any atom is 0.305 e. The number of hydrogen-bond donors (Lipinski definition) is 1. The summed E-state index contributed by atoms with van der Waals surface area (Å²) in [4.78, 5) is 25.8. The van der Waals surface area contributed by atoms with Crippen LogP contribution in [0.2, 0.25) is 0 Å². The lowest BCUT2D eigenvalue weighted by Gasteiger charge is -2.30. The summed E-state index contributed by atoms with van der Waals surface area (Å²) in [6, 6.07) is 5.61. The molecule has 21 heavy (non-hydrogen) atoms. The van der Waals surface area contributed by atoms with Crippen LogP contribution in [0.15, 0.2) is 18.2 Å². The molecule has 0 radical (unpaired) electrons. The quantitative estimate of drug-likeness (QED) is 0.870. The largest absolute Gasteiger partial charge is 0.481 e. The van der Waals surface area contributed by atoms with Gasteiger partial charge in [-0.05, 0) is 30.2 Å². The number of benzene rings is 1. The van der Waals surface area contributed by atoms with Crippen molar-refractivity contribution in [2.45, 2.75) is 19.3 Å². The molecule has 0 spiro atoms. The molecule has 0 fully saturated rings. The second-order valence-electron chi connectivity index (χ2n) is 5.11. The van der Waals surface area contributed by atoms with Gasteiger partial charge in [0.1, 0.15) is 6.67 Å². The molecule has 1 aliphatic rings. The average Bonchev–Trinajstić information content (AvgIpc) is 2.47. The Bertz CT molecular complexity index is 548. The number of rotatable bonds is 6. The smallest absolute Gasteiger partial charge is 0.305 e. The SMILES string of the molecule is CN(CCC(=O)O)c1ccc2c(c1)CCC(=O)N2CCF. The highest BCUT2D eigenvalue weighted by Gasteiger charge is 2.24. The van der Waals surface area contributed by atoms with Crippen LogP contribution < -0.4 is 9.80 Å². The zero-order valence-corrected chi connectivity index (χ0v) is 12.0. The first kappa shape index (κ1) is 15.3. The van der Waals surface area contributed by atoms with Crippen molar-refractivity contribution < 1.29 is 19.1 Å². The highest BCUT2D eigenvalue weighted by Crippen LogP contribution is 2.31. The van der Waals surface area contributed by atoms with Crippen LogP contribution in [0.3, 0.4) is 0 Å². The zero-order valence-electron chi connectivity index (χ0n) is 12.0. The van der Waals surface area contributed by atoms with Gasteiger partial charge in [-0.1, -0.05) is 0 Å². The minimum absolute atomic E-state index is 0.0490. The van der Waals surface area contributed by atoms with Gasteiger partial charge in [-0.15, -0.1) is 0 Å². The molecule has 1 N–H and O–H groups in total. The number of fused-ring (bicyclic) bond motifs is 1. The molecular formula is C15H19FN2O3. The number of carbonyl (C=O) groups excluding carboxylic acids is 1. The van der Waals surface area contributed by atoms with Crippen LogP contribution in [0.5, 0.6) is 0 Å². The van der Waals surface area contributed by atoms with Crippen molar-refractivity contribution in [2.24, 2.45) is 0 Å². The molecule has 2 rings (SSSR count). The Morgan fingerprint density at radius 3 is 2.86 bits per heavy atom. The van der Waals surface area contributed by atoms with Crippen LogP contribution in [0, 0.1) is 0 Å². The van der Waals surface area contributed by atoms with E-state index in [0.717, 1.165) is 16.9 Å². The van der Waals surface area contributed by atoms with Crippen molar-refractivity contribution in [2.75, 3.05) is 36.6 Å². The molecule has 0 bridgehead atoms. The van der Waals surface area contributed by atoms with Gasteiger partial charge in [-0.2, -0.15) is 0 Å². The minimum Gasteiger partial charge on any atom is -0.481 e. The van der Waals surface area contributed by atoms with Crippen molar-refractivity contribution in [3.05, 3.63) is 23.8 Å². The number of alkyl halides is 1. The van der Waals surface area contributed by atoms with Gasteiger partial charge in [-0.25, -0.2) is 4.39 Å². The highest BCUT2D eigenvalue weighted by atomic mass is 19.1. The summed E-state index contributed by atoms with van der Waals surface area (Å²) in [6.07, 6.45) is 1.09. The average molecular weight is 294 g/mol. The lowest BCUT2D eigenvalue weighted by molar-refractivity contribution is -0.136. The van der Waals surface area contributed by atoms with E-state index in [2.05, 4.69) is 0 Å². The van der Waals surface area contributed by atoms with Gasteiger partial charge < -0.3 is 14.9 Å². The summed E-state index contributed by atoms with van der Waals surface area (Å²) >= 11 is 0. The van der Waals surface area contributed by atoms with Crippen LogP contribution in [0.4, 0.5) is 15.8 Å². The van der Waals surface area contributed by atoms with Crippen LogP contribution in [-0.4, -0.2) is 43.8 Å². The van der Waals surface area contributed by atoms with E-state index in [1.807, 2.05) is 30.1 Å². The fourth-order valence-electron chi connectivity index (χ4n) is 2.51. The Balaban J connectivity index is 2.19. The Kier molecular flexibility index (Phi) is 4.77. The monoisotopic (exact) mass is 294 g/mol. The van der Waals surface area contributed by atoms with Crippen molar-refractivity contribution in [3.63, 3.8) is 0 Å². The molecule has 0 aromatic heterocycles. The van der Waals surface area contributed by atoms with Gasteiger partial charge in [-0.3, -0.25) is 9.59 Å². The van der Waals surface area contributed by atoms with E-state index in [4.69, 9.17) is 5.11 Å². The number of nitrogens with zero attached hydrogens (tertiary/aromatic N) is 2. The Morgan fingerprint density at radius 1 is 1.43 bits per heavy atom. The number of aliphatic carboxylic acids is 1.